The van der Waals surface area contributed by atoms with E-state index < -0.39 is 16.6 Å². The molecular weight excluding hydrogens is 234 g/mol. The van der Waals surface area contributed by atoms with Gasteiger partial charge in [-0.05, 0) is 26.8 Å². The van der Waals surface area contributed by atoms with E-state index >= 15 is 0 Å². The molecule has 0 amide bonds. The molecule has 1 aromatic rings. The van der Waals surface area contributed by atoms with Crippen molar-refractivity contribution in [1.82, 2.24) is 0 Å². The number of nitro benzene ring substituents is 1. The zero-order valence-electron chi connectivity index (χ0n) is 10.5. The standard InChI is InChI=1S/C12H15N3O3/c1-8(16)12(2,3)14-11-5-4-10(15(17)18)6-9(11)7-13/h4-6,8,14,16H,1-3H3. The Kier molecular flexibility index (Phi) is 3.89. The van der Waals surface area contributed by atoms with Crippen LogP contribution in [0.1, 0.15) is 26.3 Å². The van der Waals surface area contributed by atoms with Crippen molar-refractivity contribution in [2.24, 2.45) is 0 Å². The molecule has 0 fully saturated rings. The molecule has 0 bridgehead atoms. The average molecular weight is 249 g/mol. The molecule has 1 aromatic carbocycles. The molecular formula is C12H15N3O3. The molecule has 96 valence electrons. The molecule has 0 aliphatic carbocycles. The summed E-state index contributed by atoms with van der Waals surface area (Å²) in [6.45, 7) is 5.19. The molecule has 0 aliphatic heterocycles. The quantitative estimate of drug-likeness (QED) is 0.628. The summed E-state index contributed by atoms with van der Waals surface area (Å²) >= 11 is 0. The number of nitriles is 1. The minimum absolute atomic E-state index is 0.132. The molecule has 2 N–H and O–H groups in total. The van der Waals surface area contributed by atoms with Crippen molar-refractivity contribution in [1.29, 1.82) is 5.26 Å². The van der Waals surface area contributed by atoms with E-state index in [1.54, 1.807) is 20.8 Å². The van der Waals surface area contributed by atoms with Crippen LogP contribution in [0, 0.1) is 21.4 Å². The van der Waals surface area contributed by atoms with Gasteiger partial charge in [-0.1, -0.05) is 0 Å². The van der Waals surface area contributed by atoms with Gasteiger partial charge in [0.1, 0.15) is 6.07 Å². The van der Waals surface area contributed by atoms with Crippen LogP contribution in [0.2, 0.25) is 0 Å². The van der Waals surface area contributed by atoms with Crippen LogP contribution < -0.4 is 5.32 Å². The van der Waals surface area contributed by atoms with Gasteiger partial charge >= 0.3 is 0 Å². The van der Waals surface area contributed by atoms with Gasteiger partial charge in [-0.15, -0.1) is 0 Å². The van der Waals surface area contributed by atoms with Crippen LogP contribution in [-0.4, -0.2) is 21.7 Å². The van der Waals surface area contributed by atoms with E-state index in [0.717, 1.165) is 0 Å². The molecule has 6 heteroatoms. The van der Waals surface area contributed by atoms with E-state index in [2.05, 4.69) is 5.32 Å². The number of aliphatic hydroxyl groups excluding tert-OH is 1. The van der Waals surface area contributed by atoms with Crippen LogP contribution >= 0.6 is 0 Å². The van der Waals surface area contributed by atoms with E-state index in [1.165, 1.54) is 18.2 Å². The minimum Gasteiger partial charge on any atom is -0.391 e. The van der Waals surface area contributed by atoms with Crippen LogP contribution in [0.15, 0.2) is 18.2 Å². The summed E-state index contributed by atoms with van der Waals surface area (Å²) in [5.74, 6) is 0. The topological polar surface area (TPSA) is 99.2 Å². The third-order valence-electron chi connectivity index (χ3n) is 2.84. The molecule has 1 atom stereocenters. The van der Waals surface area contributed by atoms with Crippen molar-refractivity contribution in [2.75, 3.05) is 5.32 Å². The molecule has 0 aromatic heterocycles. The first-order chi connectivity index (χ1) is 8.27. The first-order valence-electron chi connectivity index (χ1n) is 5.42. The van der Waals surface area contributed by atoms with E-state index in [4.69, 9.17) is 5.26 Å². The molecule has 0 spiro atoms. The second kappa shape index (κ2) is 5.02. The van der Waals surface area contributed by atoms with Crippen LogP contribution in [0.4, 0.5) is 11.4 Å². The van der Waals surface area contributed by atoms with Gasteiger partial charge in [0.2, 0.25) is 0 Å². The largest absolute Gasteiger partial charge is 0.391 e. The van der Waals surface area contributed by atoms with E-state index in [0.29, 0.717) is 5.69 Å². The number of hydrogen-bond donors (Lipinski definition) is 2. The zero-order chi connectivity index (χ0) is 13.9. The molecule has 18 heavy (non-hydrogen) atoms. The first kappa shape index (κ1) is 13.9. The molecule has 1 rings (SSSR count). The summed E-state index contributed by atoms with van der Waals surface area (Å²) in [5.41, 5.74) is -0.124. The molecule has 0 aliphatic rings. The Bertz CT molecular complexity index is 504. The Hall–Kier alpha value is -2.13. The summed E-state index contributed by atoms with van der Waals surface area (Å²) < 4.78 is 0. The van der Waals surface area contributed by atoms with Gasteiger partial charge in [0, 0.05) is 12.1 Å². The van der Waals surface area contributed by atoms with E-state index in [9.17, 15) is 15.2 Å². The maximum atomic E-state index is 10.6. The van der Waals surface area contributed by atoms with Gasteiger partial charge in [0.15, 0.2) is 0 Å². The highest BCUT2D eigenvalue weighted by Crippen LogP contribution is 2.25. The summed E-state index contributed by atoms with van der Waals surface area (Å²) in [5, 5.41) is 32.2. The predicted octanol–water partition coefficient (Wildman–Crippen LogP) is 2.04. The van der Waals surface area contributed by atoms with Gasteiger partial charge < -0.3 is 10.4 Å². The van der Waals surface area contributed by atoms with Crippen molar-refractivity contribution in [3.05, 3.63) is 33.9 Å². The van der Waals surface area contributed by atoms with Crippen LogP contribution in [-0.2, 0) is 0 Å². The fourth-order valence-electron chi connectivity index (χ4n) is 1.30. The number of aliphatic hydroxyl groups is 1. The third-order valence-corrected chi connectivity index (χ3v) is 2.84. The Morgan fingerprint density at radius 1 is 1.56 bits per heavy atom. The average Bonchev–Trinajstić information content (AvgIpc) is 2.28. The molecule has 1 unspecified atom stereocenters. The minimum atomic E-state index is -0.640. The summed E-state index contributed by atoms with van der Waals surface area (Å²) in [6.07, 6.45) is -0.640. The van der Waals surface area contributed by atoms with Crippen molar-refractivity contribution < 1.29 is 10.0 Å². The monoisotopic (exact) mass is 249 g/mol. The van der Waals surface area contributed by atoms with Crippen molar-refractivity contribution in [2.45, 2.75) is 32.4 Å². The Morgan fingerprint density at radius 3 is 2.61 bits per heavy atom. The molecule has 0 saturated heterocycles. The second-order valence-electron chi connectivity index (χ2n) is 4.62. The number of rotatable bonds is 4. The molecule has 0 radical (unpaired) electrons. The molecule has 6 nitrogen and oxygen atoms in total. The highest BCUT2D eigenvalue weighted by molar-refractivity contribution is 5.62. The van der Waals surface area contributed by atoms with Gasteiger partial charge in [-0.25, -0.2) is 0 Å². The second-order valence-corrected chi connectivity index (χ2v) is 4.62. The van der Waals surface area contributed by atoms with Crippen LogP contribution in [0.3, 0.4) is 0 Å². The maximum absolute atomic E-state index is 10.6. The van der Waals surface area contributed by atoms with Gasteiger partial charge in [-0.3, -0.25) is 10.1 Å². The summed E-state index contributed by atoms with van der Waals surface area (Å²) in [4.78, 5) is 10.1. The van der Waals surface area contributed by atoms with Crippen molar-refractivity contribution >= 4 is 11.4 Å². The fourth-order valence-corrected chi connectivity index (χ4v) is 1.30. The summed E-state index contributed by atoms with van der Waals surface area (Å²) in [7, 11) is 0. The fraction of sp³-hybridized carbons (Fsp3) is 0.417. The SMILES string of the molecule is CC(O)C(C)(C)Nc1ccc([N+](=O)[O-])cc1C#N. The van der Waals surface area contributed by atoms with Crippen LogP contribution in [0.5, 0.6) is 0 Å². The molecule has 0 saturated carbocycles. The number of non-ortho nitro benzene ring substituents is 1. The summed E-state index contributed by atoms with van der Waals surface area (Å²) in [6, 6.07) is 5.91. The Morgan fingerprint density at radius 2 is 2.17 bits per heavy atom. The lowest BCUT2D eigenvalue weighted by atomic mass is 9.97. The van der Waals surface area contributed by atoms with Crippen molar-refractivity contribution in [3.63, 3.8) is 0 Å². The Labute approximate surface area is 105 Å². The number of anilines is 1. The number of hydrogen-bond acceptors (Lipinski definition) is 5. The number of benzene rings is 1. The van der Waals surface area contributed by atoms with Crippen LogP contribution in [0.25, 0.3) is 0 Å². The lowest BCUT2D eigenvalue weighted by Crippen LogP contribution is -2.42. The highest BCUT2D eigenvalue weighted by atomic mass is 16.6. The number of nitrogens with one attached hydrogen (secondary N) is 1. The smallest absolute Gasteiger partial charge is 0.270 e. The highest BCUT2D eigenvalue weighted by Gasteiger charge is 2.25. The van der Waals surface area contributed by atoms with Gasteiger partial charge in [0.05, 0.1) is 27.8 Å². The third kappa shape index (κ3) is 2.96. The number of nitro groups is 1. The lowest BCUT2D eigenvalue weighted by Gasteiger charge is -2.30. The van der Waals surface area contributed by atoms with Gasteiger partial charge in [-0.2, -0.15) is 5.26 Å². The van der Waals surface area contributed by atoms with Crippen molar-refractivity contribution in [3.8, 4) is 6.07 Å². The van der Waals surface area contributed by atoms with Gasteiger partial charge in [0.25, 0.3) is 5.69 Å². The molecule has 0 heterocycles. The lowest BCUT2D eigenvalue weighted by molar-refractivity contribution is -0.384. The number of nitrogens with zero attached hydrogens (tertiary/aromatic N) is 2. The zero-order valence-corrected chi connectivity index (χ0v) is 10.5. The van der Waals surface area contributed by atoms with E-state index in [-0.39, 0.29) is 11.3 Å². The predicted molar refractivity (Wildman–Crippen MR) is 67.2 cm³/mol. The maximum Gasteiger partial charge on any atom is 0.270 e. The first-order valence-corrected chi connectivity index (χ1v) is 5.42. The normalized spacial score (nSPS) is 12.6. The van der Waals surface area contributed by atoms with E-state index in [1.807, 2.05) is 6.07 Å². The Balaban J connectivity index is 3.12.